The predicted octanol–water partition coefficient (Wildman–Crippen LogP) is 2.52. The number of hydrogen-bond acceptors (Lipinski definition) is 5. The van der Waals surface area contributed by atoms with E-state index >= 15 is 0 Å². The van der Waals surface area contributed by atoms with Gasteiger partial charge < -0.3 is 15.5 Å². The summed E-state index contributed by atoms with van der Waals surface area (Å²) in [5.41, 5.74) is 6.39. The molecule has 0 aliphatic rings. The minimum atomic E-state index is -0.581. The summed E-state index contributed by atoms with van der Waals surface area (Å²) in [5, 5.41) is 0.0150. The molecule has 0 aliphatic heterocycles. The van der Waals surface area contributed by atoms with Crippen LogP contribution in [-0.2, 0) is 0 Å². The third-order valence-electron chi connectivity index (χ3n) is 2.38. The molecule has 3 N–H and O–H groups in total. The molecule has 8 heteroatoms. The van der Waals surface area contributed by atoms with Crippen LogP contribution in [0.5, 0.6) is 11.6 Å². The van der Waals surface area contributed by atoms with Crippen molar-refractivity contribution in [3.05, 3.63) is 35.4 Å². The molecule has 0 aliphatic carbocycles. The Bertz CT molecular complexity index is 760. The molecule has 0 atom stereocenters. The van der Waals surface area contributed by atoms with Crippen molar-refractivity contribution in [2.45, 2.75) is 0 Å². The van der Waals surface area contributed by atoms with Crippen molar-refractivity contribution in [1.82, 2.24) is 19.9 Å². The summed E-state index contributed by atoms with van der Waals surface area (Å²) in [6, 6.07) is 4.07. The van der Waals surface area contributed by atoms with Crippen LogP contribution in [0.15, 0.2) is 24.5 Å². The van der Waals surface area contributed by atoms with Crippen molar-refractivity contribution in [2.75, 3.05) is 5.73 Å². The van der Waals surface area contributed by atoms with E-state index in [-0.39, 0.29) is 22.6 Å². The zero-order valence-corrected chi connectivity index (χ0v) is 10.1. The smallest absolute Gasteiger partial charge is 0.250 e. The summed E-state index contributed by atoms with van der Waals surface area (Å²) in [6.45, 7) is 0. The van der Waals surface area contributed by atoms with E-state index < -0.39 is 5.82 Å². The number of aromatic nitrogens is 4. The molecule has 3 aromatic rings. The van der Waals surface area contributed by atoms with E-state index in [1.54, 1.807) is 0 Å². The molecule has 0 saturated carbocycles. The number of H-pyrrole nitrogens is 1. The van der Waals surface area contributed by atoms with E-state index in [1.165, 1.54) is 18.5 Å². The van der Waals surface area contributed by atoms with Crippen LogP contribution in [-0.4, -0.2) is 19.9 Å². The van der Waals surface area contributed by atoms with Crippen molar-refractivity contribution in [3.63, 3.8) is 0 Å². The summed E-state index contributed by atoms with van der Waals surface area (Å²) in [6.07, 6.45) is 1.44. The lowest BCUT2D eigenvalue weighted by Crippen LogP contribution is -1.98. The first-order chi connectivity index (χ1) is 9.13. The van der Waals surface area contributed by atoms with Crippen LogP contribution >= 0.6 is 11.6 Å². The van der Waals surface area contributed by atoms with Gasteiger partial charge in [-0.25, -0.2) is 9.37 Å². The van der Waals surface area contributed by atoms with E-state index in [1.807, 2.05) is 0 Å². The molecular weight excluding hydrogens is 273 g/mol. The van der Waals surface area contributed by atoms with Gasteiger partial charge in [0.1, 0.15) is 17.1 Å². The first-order valence-corrected chi connectivity index (χ1v) is 5.61. The molecule has 0 unspecified atom stereocenters. The minimum Gasteiger partial charge on any atom is -0.437 e. The number of fused-ring (bicyclic) bond motifs is 1. The summed E-state index contributed by atoms with van der Waals surface area (Å²) in [7, 11) is 0. The van der Waals surface area contributed by atoms with Crippen molar-refractivity contribution < 1.29 is 9.13 Å². The number of anilines is 1. The van der Waals surface area contributed by atoms with Gasteiger partial charge in [-0.3, -0.25) is 0 Å². The fraction of sp³-hybridized carbons (Fsp3) is 0. The molecule has 3 rings (SSSR count). The second-order valence-corrected chi connectivity index (χ2v) is 4.07. The van der Waals surface area contributed by atoms with Crippen molar-refractivity contribution in [3.8, 4) is 11.6 Å². The highest BCUT2D eigenvalue weighted by molar-refractivity contribution is 6.30. The van der Waals surface area contributed by atoms with E-state index in [4.69, 9.17) is 22.1 Å². The van der Waals surface area contributed by atoms with Crippen LogP contribution in [0.1, 0.15) is 0 Å². The van der Waals surface area contributed by atoms with E-state index in [9.17, 15) is 4.39 Å². The number of hydrogen-bond donors (Lipinski definition) is 2. The van der Waals surface area contributed by atoms with E-state index in [0.29, 0.717) is 11.2 Å². The maximum atomic E-state index is 13.3. The summed E-state index contributed by atoms with van der Waals surface area (Å²) in [4.78, 5) is 14.6. The van der Waals surface area contributed by atoms with Crippen LogP contribution in [0.25, 0.3) is 11.2 Å². The predicted molar refractivity (Wildman–Crippen MR) is 67.6 cm³/mol. The minimum absolute atomic E-state index is 0.0150. The molecule has 1 aromatic carbocycles. The highest BCUT2D eigenvalue weighted by Gasteiger charge is 2.11. The second kappa shape index (κ2) is 4.36. The average molecular weight is 280 g/mol. The third kappa shape index (κ3) is 2.15. The Hall–Kier alpha value is -2.41. The highest BCUT2D eigenvalue weighted by atomic mass is 35.5. The Balaban J connectivity index is 2.04. The van der Waals surface area contributed by atoms with Gasteiger partial charge in [0.25, 0.3) is 5.88 Å². The maximum absolute atomic E-state index is 13.3. The zero-order valence-electron chi connectivity index (χ0n) is 9.39. The van der Waals surface area contributed by atoms with Crippen molar-refractivity contribution >= 4 is 28.7 Å². The molecule has 0 radical (unpaired) electrons. The number of nitrogen functional groups attached to an aromatic ring is 1. The van der Waals surface area contributed by atoms with Gasteiger partial charge in [-0.05, 0) is 12.1 Å². The fourth-order valence-corrected chi connectivity index (χ4v) is 1.67. The molecular formula is C11H7ClFN5O. The summed E-state index contributed by atoms with van der Waals surface area (Å²) >= 11 is 5.59. The molecule has 0 bridgehead atoms. The molecule has 0 amide bonds. The monoisotopic (exact) mass is 279 g/mol. The largest absolute Gasteiger partial charge is 0.437 e. The van der Waals surface area contributed by atoms with Gasteiger partial charge in [-0.2, -0.15) is 9.97 Å². The lowest BCUT2D eigenvalue weighted by atomic mass is 10.3. The van der Waals surface area contributed by atoms with E-state index in [0.717, 1.165) is 6.07 Å². The molecule has 2 heterocycles. The van der Waals surface area contributed by atoms with Gasteiger partial charge in [-0.15, -0.1) is 0 Å². The lowest BCUT2D eigenvalue weighted by molar-refractivity contribution is 0.463. The maximum Gasteiger partial charge on any atom is 0.250 e. The quantitative estimate of drug-likeness (QED) is 0.752. The normalized spacial score (nSPS) is 10.8. The molecule has 96 valence electrons. The van der Waals surface area contributed by atoms with Crippen LogP contribution in [0.2, 0.25) is 5.02 Å². The van der Waals surface area contributed by atoms with Gasteiger partial charge in [0.05, 0.1) is 11.3 Å². The SMILES string of the molecule is Nc1nc(Oc2ccc(Cl)c(F)c2)c2[nH]cnc2n1. The Morgan fingerprint density at radius 2 is 2.16 bits per heavy atom. The Morgan fingerprint density at radius 3 is 2.95 bits per heavy atom. The Kier molecular flexibility index (Phi) is 2.68. The molecule has 2 aromatic heterocycles. The number of halogens is 2. The van der Waals surface area contributed by atoms with Crippen LogP contribution in [0.3, 0.4) is 0 Å². The van der Waals surface area contributed by atoms with Gasteiger partial charge in [0.15, 0.2) is 5.65 Å². The van der Waals surface area contributed by atoms with Gasteiger partial charge in [0.2, 0.25) is 5.95 Å². The topological polar surface area (TPSA) is 89.7 Å². The Labute approximate surface area is 111 Å². The third-order valence-corrected chi connectivity index (χ3v) is 2.68. The first-order valence-electron chi connectivity index (χ1n) is 5.23. The molecule has 0 saturated heterocycles. The second-order valence-electron chi connectivity index (χ2n) is 3.67. The Morgan fingerprint density at radius 1 is 1.32 bits per heavy atom. The van der Waals surface area contributed by atoms with E-state index in [2.05, 4.69) is 19.9 Å². The fourth-order valence-electron chi connectivity index (χ4n) is 1.55. The summed E-state index contributed by atoms with van der Waals surface area (Å²) < 4.78 is 18.8. The van der Waals surface area contributed by atoms with Gasteiger partial charge >= 0.3 is 0 Å². The van der Waals surface area contributed by atoms with Gasteiger partial charge in [-0.1, -0.05) is 11.6 Å². The van der Waals surface area contributed by atoms with Crippen LogP contribution in [0.4, 0.5) is 10.3 Å². The summed E-state index contributed by atoms with van der Waals surface area (Å²) in [5.74, 6) is -0.149. The molecule has 19 heavy (non-hydrogen) atoms. The average Bonchev–Trinajstić information content (AvgIpc) is 2.82. The molecule has 6 nitrogen and oxygen atoms in total. The number of nitrogens with one attached hydrogen (secondary N) is 1. The number of ether oxygens (including phenoxy) is 1. The molecule has 0 fully saturated rings. The number of imidazole rings is 1. The molecule has 0 spiro atoms. The standard InChI is InChI=1S/C11H7ClFN5O/c12-6-2-1-5(3-7(6)13)19-10-8-9(16-4-15-8)17-11(14)18-10/h1-4H,(H3,14,15,16,17,18). The first kappa shape index (κ1) is 11.7. The number of nitrogens with zero attached hydrogens (tertiary/aromatic N) is 3. The van der Waals surface area contributed by atoms with Crippen LogP contribution in [0, 0.1) is 5.82 Å². The van der Waals surface area contributed by atoms with Crippen molar-refractivity contribution in [1.29, 1.82) is 0 Å². The zero-order chi connectivity index (χ0) is 13.4. The lowest BCUT2D eigenvalue weighted by Gasteiger charge is -2.06. The number of rotatable bonds is 2. The number of nitrogens with two attached hydrogens (primary N) is 1. The number of benzene rings is 1. The number of aromatic amines is 1. The highest BCUT2D eigenvalue weighted by Crippen LogP contribution is 2.28. The van der Waals surface area contributed by atoms with Gasteiger partial charge in [0, 0.05) is 6.07 Å². The van der Waals surface area contributed by atoms with Crippen molar-refractivity contribution in [2.24, 2.45) is 0 Å². The van der Waals surface area contributed by atoms with Crippen LogP contribution < -0.4 is 10.5 Å².